The molecule has 0 spiro atoms. The van der Waals surface area contributed by atoms with Crippen LogP contribution in [0.1, 0.15) is 6.92 Å². The number of halogens is 1. The lowest BCUT2D eigenvalue weighted by Gasteiger charge is -2.29. The van der Waals surface area contributed by atoms with Gasteiger partial charge >= 0.3 is 5.43 Å². The van der Waals surface area contributed by atoms with Crippen LogP contribution >= 0.6 is 11.6 Å². The Balaban J connectivity index is 3.85. The Bertz CT molecular complexity index is 130. The molecule has 0 saturated heterocycles. The van der Waals surface area contributed by atoms with Crippen LogP contribution in [0, 0.1) is 0 Å². The zero-order valence-corrected chi connectivity index (χ0v) is 7.47. The van der Waals surface area contributed by atoms with E-state index in [1.807, 2.05) is 21.1 Å². The SMILES string of the molecule is CC(OC(=O)Cl)[N+](C)(C)C. The Kier molecular flexibility index (Phi) is 3.12. The highest BCUT2D eigenvalue weighted by molar-refractivity contribution is 6.61. The van der Waals surface area contributed by atoms with E-state index >= 15 is 0 Å². The van der Waals surface area contributed by atoms with Crippen molar-refractivity contribution in [1.82, 2.24) is 0 Å². The molecular weight excluding hydrogens is 154 g/mol. The fourth-order valence-electron chi connectivity index (χ4n) is 0.292. The minimum absolute atomic E-state index is 0.204. The lowest BCUT2D eigenvalue weighted by Crippen LogP contribution is -2.45. The van der Waals surface area contributed by atoms with Gasteiger partial charge in [0.05, 0.1) is 21.1 Å². The van der Waals surface area contributed by atoms with Crippen LogP contribution in [0.4, 0.5) is 4.79 Å². The largest absolute Gasteiger partial charge is 0.408 e. The molecule has 0 fully saturated rings. The van der Waals surface area contributed by atoms with Crippen LogP contribution in [0.5, 0.6) is 0 Å². The van der Waals surface area contributed by atoms with Gasteiger partial charge in [0.25, 0.3) is 0 Å². The van der Waals surface area contributed by atoms with Gasteiger partial charge in [-0.15, -0.1) is 0 Å². The number of quaternary nitrogens is 1. The Morgan fingerprint density at radius 3 is 2.00 bits per heavy atom. The monoisotopic (exact) mass is 166 g/mol. The summed E-state index contributed by atoms with van der Waals surface area (Å²) in [5, 5.41) is 0. The van der Waals surface area contributed by atoms with Gasteiger partial charge in [-0.1, -0.05) is 0 Å². The predicted octanol–water partition coefficient (Wildman–Crippen LogP) is 1.41. The molecule has 4 heteroatoms. The van der Waals surface area contributed by atoms with E-state index in [-0.39, 0.29) is 6.23 Å². The van der Waals surface area contributed by atoms with E-state index in [0.29, 0.717) is 4.48 Å². The summed E-state index contributed by atoms with van der Waals surface area (Å²) in [6.07, 6.45) is -0.204. The normalized spacial score (nSPS) is 14.5. The van der Waals surface area contributed by atoms with E-state index in [9.17, 15) is 4.79 Å². The summed E-state index contributed by atoms with van der Waals surface area (Å²) in [5.41, 5.74) is -0.749. The number of ether oxygens (including phenoxy) is 1. The summed E-state index contributed by atoms with van der Waals surface area (Å²) < 4.78 is 5.27. The van der Waals surface area contributed by atoms with E-state index in [0.717, 1.165) is 0 Å². The quantitative estimate of drug-likeness (QED) is 0.352. The highest BCUT2D eigenvalue weighted by Gasteiger charge is 2.20. The minimum atomic E-state index is -0.749. The molecule has 1 unspecified atom stereocenters. The van der Waals surface area contributed by atoms with E-state index in [4.69, 9.17) is 16.3 Å². The Morgan fingerprint density at radius 2 is 1.90 bits per heavy atom. The van der Waals surface area contributed by atoms with Crippen LogP contribution in [0.3, 0.4) is 0 Å². The van der Waals surface area contributed by atoms with Crippen molar-refractivity contribution in [3.8, 4) is 0 Å². The summed E-state index contributed by atoms with van der Waals surface area (Å²) in [7, 11) is 5.76. The zero-order valence-electron chi connectivity index (χ0n) is 6.72. The Labute approximate surface area is 66.1 Å². The minimum Gasteiger partial charge on any atom is -0.401 e. The average molecular weight is 167 g/mol. The summed E-state index contributed by atoms with van der Waals surface area (Å²) in [6, 6.07) is 0. The molecule has 1 atom stereocenters. The molecule has 0 aliphatic rings. The molecule has 0 aromatic carbocycles. The van der Waals surface area contributed by atoms with Gasteiger partial charge in [-0.2, -0.15) is 0 Å². The number of carbonyl (C=O) groups excluding carboxylic acids is 1. The van der Waals surface area contributed by atoms with Gasteiger partial charge in [0.2, 0.25) is 6.23 Å². The third-order valence-corrected chi connectivity index (χ3v) is 1.44. The molecule has 0 radical (unpaired) electrons. The van der Waals surface area contributed by atoms with Gasteiger partial charge in [0.1, 0.15) is 0 Å². The maximum Gasteiger partial charge on any atom is 0.408 e. The fourth-order valence-corrected chi connectivity index (χ4v) is 0.421. The molecule has 0 amide bonds. The summed E-state index contributed by atoms with van der Waals surface area (Å²) in [6.45, 7) is 1.79. The van der Waals surface area contributed by atoms with E-state index in [1.165, 1.54) is 0 Å². The smallest absolute Gasteiger partial charge is 0.401 e. The molecule has 0 rings (SSSR count). The number of nitrogens with zero attached hydrogens (tertiary/aromatic N) is 1. The standard InChI is InChI=1S/C6H13ClNO2/c1-5(8(2,3)4)10-6(7)9/h5H,1-4H3/q+1. The topological polar surface area (TPSA) is 26.3 Å². The molecule has 0 aromatic heterocycles. The molecular formula is C6H13ClNO2+. The van der Waals surface area contributed by atoms with Gasteiger partial charge in [0, 0.05) is 18.5 Å². The van der Waals surface area contributed by atoms with Crippen molar-refractivity contribution in [2.24, 2.45) is 0 Å². The van der Waals surface area contributed by atoms with Crippen LogP contribution in [-0.2, 0) is 4.74 Å². The molecule has 0 aliphatic heterocycles. The molecule has 3 nitrogen and oxygen atoms in total. The van der Waals surface area contributed by atoms with Crippen LogP contribution in [0.2, 0.25) is 0 Å². The van der Waals surface area contributed by atoms with Crippen LogP contribution in [-0.4, -0.2) is 37.3 Å². The zero-order chi connectivity index (χ0) is 8.36. The number of rotatable bonds is 2. The average Bonchev–Trinajstić information content (AvgIpc) is 1.60. The molecule has 10 heavy (non-hydrogen) atoms. The molecule has 0 N–H and O–H groups in total. The fraction of sp³-hybridized carbons (Fsp3) is 0.833. The first-order valence-electron chi connectivity index (χ1n) is 3.01. The van der Waals surface area contributed by atoms with Crippen molar-refractivity contribution in [3.63, 3.8) is 0 Å². The van der Waals surface area contributed by atoms with Crippen LogP contribution < -0.4 is 0 Å². The lowest BCUT2D eigenvalue weighted by atomic mass is 10.5. The first-order chi connectivity index (χ1) is 4.34. The maximum atomic E-state index is 10.2. The van der Waals surface area contributed by atoms with Crippen molar-refractivity contribution in [3.05, 3.63) is 0 Å². The molecule has 0 aromatic rings. The van der Waals surface area contributed by atoms with Gasteiger partial charge < -0.3 is 4.74 Å². The number of carbonyl (C=O) groups is 1. The second-order valence-electron chi connectivity index (χ2n) is 3.07. The predicted molar refractivity (Wildman–Crippen MR) is 39.8 cm³/mol. The van der Waals surface area contributed by atoms with Gasteiger partial charge in [-0.3, -0.25) is 4.48 Å². The first-order valence-corrected chi connectivity index (χ1v) is 3.39. The lowest BCUT2D eigenvalue weighted by molar-refractivity contribution is -0.914. The summed E-state index contributed by atoms with van der Waals surface area (Å²) in [5.74, 6) is 0. The molecule has 0 saturated carbocycles. The van der Waals surface area contributed by atoms with Crippen molar-refractivity contribution >= 4 is 17.0 Å². The number of hydrogen-bond acceptors (Lipinski definition) is 2. The Hall–Kier alpha value is -0.280. The molecule has 0 heterocycles. The van der Waals surface area contributed by atoms with Gasteiger partial charge in [-0.05, 0) is 0 Å². The maximum absolute atomic E-state index is 10.2. The third kappa shape index (κ3) is 3.69. The van der Waals surface area contributed by atoms with Gasteiger partial charge in [-0.25, -0.2) is 4.79 Å². The second kappa shape index (κ2) is 3.21. The highest BCUT2D eigenvalue weighted by Crippen LogP contribution is 2.05. The van der Waals surface area contributed by atoms with Crippen molar-refractivity contribution in [2.75, 3.05) is 21.1 Å². The third-order valence-electron chi connectivity index (χ3n) is 1.35. The molecule has 0 aliphatic carbocycles. The van der Waals surface area contributed by atoms with Crippen LogP contribution in [0.25, 0.3) is 0 Å². The van der Waals surface area contributed by atoms with E-state index in [1.54, 1.807) is 6.92 Å². The highest BCUT2D eigenvalue weighted by atomic mass is 35.5. The molecule has 0 bridgehead atoms. The molecule has 60 valence electrons. The number of hydrogen-bond donors (Lipinski definition) is 0. The van der Waals surface area contributed by atoms with Crippen LogP contribution in [0.15, 0.2) is 0 Å². The van der Waals surface area contributed by atoms with Crippen molar-refractivity contribution in [2.45, 2.75) is 13.2 Å². The summed E-state index contributed by atoms with van der Waals surface area (Å²) in [4.78, 5) is 10.2. The second-order valence-corrected chi connectivity index (χ2v) is 3.38. The van der Waals surface area contributed by atoms with Crippen molar-refractivity contribution in [1.29, 1.82) is 0 Å². The summed E-state index contributed by atoms with van der Waals surface area (Å²) >= 11 is 5.01. The van der Waals surface area contributed by atoms with Crippen molar-refractivity contribution < 1.29 is 14.0 Å². The van der Waals surface area contributed by atoms with E-state index in [2.05, 4.69) is 0 Å². The first kappa shape index (κ1) is 9.72. The van der Waals surface area contributed by atoms with E-state index < -0.39 is 5.43 Å². The van der Waals surface area contributed by atoms with Gasteiger partial charge in [0.15, 0.2) is 0 Å². The Morgan fingerprint density at radius 1 is 1.50 bits per heavy atom.